The van der Waals surface area contributed by atoms with E-state index in [-0.39, 0.29) is 5.91 Å². The van der Waals surface area contributed by atoms with Crippen LogP contribution in [-0.2, 0) is 11.3 Å². The third-order valence-electron chi connectivity index (χ3n) is 2.54. The summed E-state index contributed by atoms with van der Waals surface area (Å²) in [7, 11) is 0. The first-order valence-corrected chi connectivity index (χ1v) is 7.58. The predicted octanol–water partition coefficient (Wildman–Crippen LogP) is 3.14. The van der Waals surface area contributed by atoms with Gasteiger partial charge in [0.25, 0.3) is 0 Å². The van der Waals surface area contributed by atoms with Gasteiger partial charge in [-0.05, 0) is 38.1 Å². The molecular formula is C13H21ClN2OS. The molecule has 3 nitrogen and oxygen atoms in total. The fourth-order valence-electron chi connectivity index (χ4n) is 1.79. The molecule has 5 heteroatoms. The van der Waals surface area contributed by atoms with E-state index in [1.165, 1.54) is 11.3 Å². The molecule has 102 valence electrons. The van der Waals surface area contributed by atoms with E-state index in [9.17, 15) is 4.79 Å². The van der Waals surface area contributed by atoms with Crippen LogP contribution in [0.4, 0.5) is 0 Å². The maximum absolute atomic E-state index is 11.8. The normalized spacial score (nSPS) is 10.9. The summed E-state index contributed by atoms with van der Waals surface area (Å²) in [6.45, 7) is 7.28. The van der Waals surface area contributed by atoms with Gasteiger partial charge in [-0.15, -0.1) is 11.3 Å². The lowest BCUT2D eigenvalue weighted by Crippen LogP contribution is -2.37. The average Bonchev–Trinajstić information content (AvgIpc) is 2.73. The molecule has 0 aliphatic heterocycles. The van der Waals surface area contributed by atoms with Gasteiger partial charge in [-0.3, -0.25) is 9.69 Å². The molecule has 0 unspecified atom stereocenters. The number of thiophene rings is 1. The van der Waals surface area contributed by atoms with Crippen LogP contribution in [-0.4, -0.2) is 30.4 Å². The highest BCUT2D eigenvalue weighted by Crippen LogP contribution is 2.20. The van der Waals surface area contributed by atoms with Crippen molar-refractivity contribution in [1.29, 1.82) is 0 Å². The minimum absolute atomic E-state index is 0.0847. The topological polar surface area (TPSA) is 32.3 Å². The molecule has 0 aliphatic rings. The van der Waals surface area contributed by atoms with Crippen molar-refractivity contribution >= 4 is 28.8 Å². The van der Waals surface area contributed by atoms with Crippen LogP contribution in [0, 0.1) is 0 Å². The first-order chi connectivity index (χ1) is 8.65. The number of rotatable bonds is 8. The molecule has 1 aromatic rings. The lowest BCUT2D eigenvalue weighted by Gasteiger charge is -2.20. The predicted molar refractivity (Wildman–Crippen MR) is 78.2 cm³/mol. The number of halogens is 1. The molecular weight excluding hydrogens is 268 g/mol. The van der Waals surface area contributed by atoms with Crippen LogP contribution in [0.3, 0.4) is 0 Å². The van der Waals surface area contributed by atoms with Gasteiger partial charge < -0.3 is 5.32 Å². The van der Waals surface area contributed by atoms with Crippen molar-refractivity contribution in [2.24, 2.45) is 0 Å². The summed E-state index contributed by atoms with van der Waals surface area (Å²) in [5, 5.41) is 2.93. The third kappa shape index (κ3) is 5.85. The van der Waals surface area contributed by atoms with E-state index in [4.69, 9.17) is 11.6 Å². The summed E-state index contributed by atoms with van der Waals surface area (Å²) in [5.41, 5.74) is 0. The Morgan fingerprint density at radius 3 is 2.50 bits per heavy atom. The zero-order chi connectivity index (χ0) is 13.4. The van der Waals surface area contributed by atoms with Gasteiger partial charge in [0.1, 0.15) is 0 Å². The van der Waals surface area contributed by atoms with Crippen LogP contribution in [0.2, 0.25) is 4.34 Å². The molecule has 0 spiro atoms. The average molecular weight is 289 g/mol. The van der Waals surface area contributed by atoms with Crippen LogP contribution < -0.4 is 5.32 Å². The first-order valence-electron chi connectivity index (χ1n) is 6.39. The number of carbonyl (C=O) groups excluding carboxylic acids is 1. The van der Waals surface area contributed by atoms with Gasteiger partial charge in [-0.2, -0.15) is 0 Å². The summed E-state index contributed by atoms with van der Waals surface area (Å²) in [6, 6.07) is 3.80. The lowest BCUT2D eigenvalue weighted by molar-refractivity contribution is -0.122. The smallest absolute Gasteiger partial charge is 0.234 e. The molecule has 0 aliphatic carbocycles. The Hall–Kier alpha value is -0.580. The zero-order valence-corrected chi connectivity index (χ0v) is 12.6. The van der Waals surface area contributed by atoms with Crippen molar-refractivity contribution in [3.63, 3.8) is 0 Å². The van der Waals surface area contributed by atoms with E-state index in [1.807, 2.05) is 12.1 Å². The second-order valence-corrected chi connectivity index (χ2v) is 6.06. The van der Waals surface area contributed by atoms with Gasteiger partial charge in [0.2, 0.25) is 5.91 Å². The monoisotopic (exact) mass is 288 g/mol. The molecule has 1 heterocycles. The lowest BCUT2D eigenvalue weighted by atomic mass is 10.3. The van der Waals surface area contributed by atoms with Crippen molar-refractivity contribution in [1.82, 2.24) is 10.2 Å². The van der Waals surface area contributed by atoms with Crippen molar-refractivity contribution in [2.45, 2.75) is 33.2 Å². The van der Waals surface area contributed by atoms with Crippen LogP contribution in [0.15, 0.2) is 12.1 Å². The van der Waals surface area contributed by atoms with Crippen LogP contribution in [0.1, 0.15) is 31.6 Å². The molecule has 0 saturated heterocycles. The van der Waals surface area contributed by atoms with E-state index in [0.717, 1.165) is 35.1 Å². The third-order valence-corrected chi connectivity index (χ3v) is 3.77. The minimum atomic E-state index is 0.0847. The van der Waals surface area contributed by atoms with Gasteiger partial charge in [-0.1, -0.05) is 25.4 Å². The standard InChI is InChI=1S/C13H21ClN2OS/c1-3-7-16(8-4-2)10-13(17)15-9-11-5-6-12(14)18-11/h5-6H,3-4,7-10H2,1-2H3,(H,15,17). The van der Waals surface area contributed by atoms with Crippen molar-refractivity contribution in [3.8, 4) is 0 Å². The number of carbonyl (C=O) groups is 1. The van der Waals surface area contributed by atoms with E-state index in [1.54, 1.807) is 0 Å². The maximum atomic E-state index is 11.8. The second kappa shape index (κ2) is 8.51. The second-order valence-electron chi connectivity index (χ2n) is 4.26. The largest absolute Gasteiger partial charge is 0.350 e. The highest BCUT2D eigenvalue weighted by Gasteiger charge is 2.09. The summed E-state index contributed by atoms with van der Waals surface area (Å²) in [5.74, 6) is 0.0847. The molecule has 0 saturated carbocycles. The molecule has 0 radical (unpaired) electrons. The Balaban J connectivity index is 2.31. The van der Waals surface area contributed by atoms with Gasteiger partial charge in [-0.25, -0.2) is 0 Å². The highest BCUT2D eigenvalue weighted by molar-refractivity contribution is 7.16. The molecule has 0 atom stereocenters. The molecule has 1 rings (SSSR count). The molecule has 0 bridgehead atoms. The Morgan fingerprint density at radius 2 is 2.00 bits per heavy atom. The molecule has 1 aromatic heterocycles. The van der Waals surface area contributed by atoms with Gasteiger partial charge in [0, 0.05) is 4.88 Å². The van der Waals surface area contributed by atoms with Gasteiger partial charge >= 0.3 is 0 Å². The number of hydrogen-bond donors (Lipinski definition) is 1. The molecule has 0 aromatic carbocycles. The van der Waals surface area contributed by atoms with Crippen LogP contribution in [0.5, 0.6) is 0 Å². The molecule has 1 amide bonds. The Bertz CT molecular complexity index is 362. The van der Waals surface area contributed by atoms with E-state index < -0.39 is 0 Å². The SMILES string of the molecule is CCCN(CCC)CC(=O)NCc1ccc(Cl)s1. The molecule has 18 heavy (non-hydrogen) atoms. The summed E-state index contributed by atoms with van der Waals surface area (Å²) in [6.07, 6.45) is 2.15. The van der Waals surface area contributed by atoms with Crippen molar-refractivity contribution in [3.05, 3.63) is 21.3 Å². The fourth-order valence-corrected chi connectivity index (χ4v) is 2.82. The van der Waals surface area contributed by atoms with Crippen LogP contribution in [0.25, 0.3) is 0 Å². The summed E-state index contributed by atoms with van der Waals surface area (Å²) < 4.78 is 0.762. The van der Waals surface area contributed by atoms with E-state index in [0.29, 0.717) is 13.1 Å². The molecule has 1 N–H and O–H groups in total. The van der Waals surface area contributed by atoms with Crippen LogP contribution >= 0.6 is 22.9 Å². The number of nitrogens with zero attached hydrogens (tertiary/aromatic N) is 1. The molecule has 0 fully saturated rings. The quantitative estimate of drug-likeness (QED) is 0.797. The Morgan fingerprint density at radius 1 is 1.33 bits per heavy atom. The Labute approximate surface area is 118 Å². The summed E-state index contributed by atoms with van der Waals surface area (Å²) >= 11 is 7.35. The zero-order valence-electron chi connectivity index (χ0n) is 11.0. The fraction of sp³-hybridized carbons (Fsp3) is 0.615. The van der Waals surface area contributed by atoms with Gasteiger partial charge in [0.15, 0.2) is 0 Å². The van der Waals surface area contributed by atoms with Crippen molar-refractivity contribution in [2.75, 3.05) is 19.6 Å². The number of amides is 1. The minimum Gasteiger partial charge on any atom is -0.350 e. The number of nitrogens with one attached hydrogen (secondary N) is 1. The summed E-state index contributed by atoms with van der Waals surface area (Å²) in [4.78, 5) is 15.1. The van der Waals surface area contributed by atoms with Gasteiger partial charge in [0.05, 0.1) is 17.4 Å². The van der Waals surface area contributed by atoms with E-state index >= 15 is 0 Å². The Kier molecular flexibility index (Phi) is 7.32. The highest BCUT2D eigenvalue weighted by atomic mass is 35.5. The van der Waals surface area contributed by atoms with E-state index in [2.05, 4.69) is 24.1 Å². The maximum Gasteiger partial charge on any atom is 0.234 e. The number of hydrogen-bond acceptors (Lipinski definition) is 3. The first kappa shape index (κ1) is 15.5. The van der Waals surface area contributed by atoms with Crippen molar-refractivity contribution < 1.29 is 4.79 Å².